The lowest BCUT2D eigenvalue weighted by Gasteiger charge is -2.36. The molecule has 0 aliphatic carbocycles. The van der Waals surface area contributed by atoms with E-state index in [1.807, 2.05) is 0 Å². The summed E-state index contributed by atoms with van der Waals surface area (Å²) < 4.78 is 0. The standard InChI is InChI=1S/C23H38N4OS.HI/c1-4-24-23(27-13-14-29-22(17-27)18(2)3)25-15-19-5-7-20(8-6-19)16-26-11-9-21(28)10-12-26;/h5-8,18,21-22,28H,4,9-17H2,1-3H3,(H,24,25);1H. The highest BCUT2D eigenvalue weighted by atomic mass is 127. The molecule has 5 nitrogen and oxygen atoms in total. The van der Waals surface area contributed by atoms with Gasteiger partial charge in [0.1, 0.15) is 0 Å². The van der Waals surface area contributed by atoms with Crippen LogP contribution in [0.4, 0.5) is 0 Å². The Morgan fingerprint density at radius 1 is 1.17 bits per heavy atom. The van der Waals surface area contributed by atoms with Gasteiger partial charge in [0.2, 0.25) is 0 Å². The number of aliphatic imine (C=N–C) groups is 1. The van der Waals surface area contributed by atoms with Crippen LogP contribution in [0.5, 0.6) is 0 Å². The first-order chi connectivity index (χ1) is 14.0. The van der Waals surface area contributed by atoms with Gasteiger partial charge in [0, 0.05) is 50.3 Å². The smallest absolute Gasteiger partial charge is 0.194 e. The van der Waals surface area contributed by atoms with E-state index >= 15 is 0 Å². The minimum absolute atomic E-state index is 0. The number of guanidine groups is 1. The van der Waals surface area contributed by atoms with Gasteiger partial charge >= 0.3 is 0 Å². The van der Waals surface area contributed by atoms with Gasteiger partial charge in [-0.3, -0.25) is 4.90 Å². The van der Waals surface area contributed by atoms with Crippen LogP contribution >= 0.6 is 35.7 Å². The summed E-state index contributed by atoms with van der Waals surface area (Å²) in [6.07, 6.45) is 1.69. The molecule has 1 atom stereocenters. The largest absolute Gasteiger partial charge is 0.393 e. The van der Waals surface area contributed by atoms with Gasteiger partial charge in [-0.15, -0.1) is 24.0 Å². The van der Waals surface area contributed by atoms with Gasteiger partial charge in [0.05, 0.1) is 12.6 Å². The summed E-state index contributed by atoms with van der Waals surface area (Å²) in [6, 6.07) is 8.89. The van der Waals surface area contributed by atoms with Crippen LogP contribution in [0.2, 0.25) is 0 Å². The number of halogens is 1. The van der Waals surface area contributed by atoms with Crippen molar-refractivity contribution in [2.75, 3.05) is 38.5 Å². The van der Waals surface area contributed by atoms with E-state index in [1.165, 1.54) is 16.9 Å². The SMILES string of the molecule is CCNC(=NCc1ccc(CN2CCC(O)CC2)cc1)N1CCSC(C(C)C)C1.I. The molecule has 0 radical (unpaired) electrons. The molecule has 1 aromatic carbocycles. The molecule has 2 saturated heterocycles. The number of piperidine rings is 1. The van der Waals surface area contributed by atoms with E-state index < -0.39 is 0 Å². The van der Waals surface area contributed by atoms with E-state index in [-0.39, 0.29) is 30.1 Å². The quantitative estimate of drug-likeness (QED) is 0.323. The highest BCUT2D eigenvalue weighted by Crippen LogP contribution is 2.25. The first-order valence-corrected chi connectivity index (χ1v) is 12.2. The zero-order valence-electron chi connectivity index (χ0n) is 18.7. The second-order valence-electron chi connectivity index (χ2n) is 8.59. The molecule has 0 amide bonds. The number of aliphatic hydroxyl groups excluding tert-OH is 1. The van der Waals surface area contributed by atoms with Crippen molar-refractivity contribution in [3.63, 3.8) is 0 Å². The van der Waals surface area contributed by atoms with Crippen LogP contribution in [0, 0.1) is 5.92 Å². The van der Waals surface area contributed by atoms with Crippen molar-refractivity contribution in [2.24, 2.45) is 10.9 Å². The summed E-state index contributed by atoms with van der Waals surface area (Å²) >= 11 is 2.10. The van der Waals surface area contributed by atoms with E-state index in [2.05, 4.69) is 71.9 Å². The number of hydrogen-bond donors (Lipinski definition) is 2. The van der Waals surface area contributed by atoms with Crippen molar-refractivity contribution in [1.82, 2.24) is 15.1 Å². The zero-order valence-corrected chi connectivity index (χ0v) is 21.9. The number of nitrogens with zero attached hydrogens (tertiary/aromatic N) is 3. The number of likely N-dealkylation sites (tertiary alicyclic amines) is 1. The van der Waals surface area contributed by atoms with Gasteiger partial charge in [-0.1, -0.05) is 38.1 Å². The number of thioether (sulfide) groups is 1. The average molecular weight is 547 g/mol. The highest BCUT2D eigenvalue weighted by Gasteiger charge is 2.24. The molecule has 3 rings (SSSR count). The number of hydrogen-bond acceptors (Lipinski definition) is 4. The molecule has 2 fully saturated rings. The average Bonchev–Trinajstić information content (AvgIpc) is 2.74. The fourth-order valence-electron chi connectivity index (χ4n) is 3.95. The lowest BCUT2D eigenvalue weighted by molar-refractivity contribution is 0.0792. The van der Waals surface area contributed by atoms with Gasteiger partial charge in [0.15, 0.2) is 5.96 Å². The van der Waals surface area contributed by atoms with Crippen molar-refractivity contribution in [1.29, 1.82) is 0 Å². The van der Waals surface area contributed by atoms with Crippen molar-refractivity contribution in [3.8, 4) is 0 Å². The first-order valence-electron chi connectivity index (χ1n) is 11.2. The molecular formula is C23H39IN4OS. The van der Waals surface area contributed by atoms with Crippen molar-refractivity contribution in [3.05, 3.63) is 35.4 Å². The van der Waals surface area contributed by atoms with Crippen LogP contribution in [0.3, 0.4) is 0 Å². The van der Waals surface area contributed by atoms with Crippen molar-refractivity contribution < 1.29 is 5.11 Å². The van der Waals surface area contributed by atoms with Crippen molar-refractivity contribution >= 4 is 41.7 Å². The van der Waals surface area contributed by atoms with Gasteiger partial charge in [0.25, 0.3) is 0 Å². The number of aliphatic hydroxyl groups is 1. The minimum atomic E-state index is -0.105. The second-order valence-corrected chi connectivity index (χ2v) is 9.94. The summed E-state index contributed by atoms with van der Waals surface area (Å²) in [7, 11) is 0. The monoisotopic (exact) mass is 546 g/mol. The van der Waals surface area contributed by atoms with Crippen molar-refractivity contribution in [2.45, 2.75) is 58.1 Å². The molecule has 1 aromatic rings. The van der Waals surface area contributed by atoms with E-state index in [4.69, 9.17) is 4.99 Å². The third kappa shape index (κ3) is 7.88. The maximum atomic E-state index is 9.66. The first kappa shape index (κ1) is 25.7. The molecule has 2 heterocycles. The lowest BCUT2D eigenvalue weighted by atomic mass is 10.1. The summed E-state index contributed by atoms with van der Waals surface area (Å²) in [6.45, 7) is 13.5. The van der Waals surface area contributed by atoms with E-state index in [0.29, 0.717) is 17.7 Å². The van der Waals surface area contributed by atoms with Crippen LogP contribution in [0.25, 0.3) is 0 Å². The fraction of sp³-hybridized carbons (Fsp3) is 0.696. The molecule has 1 unspecified atom stereocenters. The van der Waals surface area contributed by atoms with Crippen LogP contribution in [-0.4, -0.2) is 70.7 Å². The topological polar surface area (TPSA) is 51.1 Å². The Morgan fingerprint density at radius 2 is 1.83 bits per heavy atom. The normalized spacial score (nSPS) is 21.6. The van der Waals surface area contributed by atoms with Crippen LogP contribution in [-0.2, 0) is 13.1 Å². The molecule has 0 saturated carbocycles. The molecule has 2 aliphatic rings. The third-order valence-corrected chi connectivity index (χ3v) is 7.41. The molecule has 0 aromatic heterocycles. The summed E-state index contributed by atoms with van der Waals surface area (Å²) in [4.78, 5) is 9.81. The molecule has 0 bridgehead atoms. The summed E-state index contributed by atoms with van der Waals surface area (Å²) in [5.41, 5.74) is 2.60. The van der Waals surface area contributed by atoms with Crippen LogP contribution in [0.15, 0.2) is 29.3 Å². The fourth-order valence-corrected chi connectivity index (χ4v) is 5.25. The molecular weight excluding hydrogens is 507 g/mol. The Hall–Kier alpha value is -0.510. The molecule has 2 aliphatic heterocycles. The Kier molecular flexibility index (Phi) is 11.3. The Morgan fingerprint density at radius 3 is 2.47 bits per heavy atom. The molecule has 0 spiro atoms. The summed E-state index contributed by atoms with van der Waals surface area (Å²) in [5, 5.41) is 13.8. The van der Waals surface area contributed by atoms with Crippen LogP contribution < -0.4 is 5.32 Å². The predicted molar refractivity (Wildman–Crippen MR) is 140 cm³/mol. The van der Waals surface area contributed by atoms with Gasteiger partial charge in [-0.05, 0) is 36.8 Å². The molecule has 170 valence electrons. The highest BCUT2D eigenvalue weighted by molar-refractivity contribution is 14.0. The molecule has 30 heavy (non-hydrogen) atoms. The molecule has 7 heteroatoms. The van der Waals surface area contributed by atoms with Crippen LogP contribution in [0.1, 0.15) is 44.7 Å². The Balaban J connectivity index is 0.00000320. The minimum Gasteiger partial charge on any atom is -0.393 e. The second kappa shape index (κ2) is 13.1. The van der Waals surface area contributed by atoms with Gasteiger partial charge in [-0.25, -0.2) is 4.99 Å². The number of rotatable bonds is 6. The Labute approximate surface area is 204 Å². The lowest BCUT2D eigenvalue weighted by Crippen LogP contribution is -2.49. The molecule has 2 N–H and O–H groups in total. The van der Waals surface area contributed by atoms with Gasteiger partial charge < -0.3 is 15.3 Å². The van der Waals surface area contributed by atoms with E-state index in [0.717, 1.165) is 58.1 Å². The zero-order chi connectivity index (χ0) is 20.6. The van der Waals surface area contributed by atoms with Gasteiger partial charge in [-0.2, -0.15) is 11.8 Å². The predicted octanol–water partition coefficient (Wildman–Crippen LogP) is 3.80. The maximum Gasteiger partial charge on any atom is 0.194 e. The Bertz CT molecular complexity index is 647. The number of benzene rings is 1. The third-order valence-electron chi connectivity index (χ3n) is 5.87. The van der Waals surface area contributed by atoms with E-state index in [1.54, 1.807) is 0 Å². The number of nitrogens with one attached hydrogen (secondary N) is 1. The summed E-state index contributed by atoms with van der Waals surface area (Å²) in [5.74, 6) is 2.92. The maximum absolute atomic E-state index is 9.66. The van der Waals surface area contributed by atoms with E-state index in [9.17, 15) is 5.11 Å².